The van der Waals surface area contributed by atoms with Crippen LogP contribution < -0.4 is 15.1 Å². The molecule has 2 aromatic heterocycles. The second-order valence-electron chi connectivity index (χ2n) is 11.4. The number of nitrogens with zero attached hydrogens (tertiary/aromatic N) is 5. The fourth-order valence-corrected chi connectivity index (χ4v) is 7.09. The third kappa shape index (κ3) is 5.39. The molecule has 0 bridgehead atoms. The molecular formula is C28H36N6O4S. The summed E-state index contributed by atoms with van der Waals surface area (Å²) in [5.74, 6) is 2.34. The van der Waals surface area contributed by atoms with Crippen molar-refractivity contribution in [1.82, 2.24) is 15.0 Å². The summed E-state index contributed by atoms with van der Waals surface area (Å²) >= 11 is 0. The van der Waals surface area contributed by atoms with Crippen molar-refractivity contribution in [1.29, 1.82) is 0 Å². The van der Waals surface area contributed by atoms with Gasteiger partial charge in [0.25, 0.3) is 0 Å². The maximum absolute atomic E-state index is 11.7. The number of fused-ring (bicyclic) bond motifs is 1. The van der Waals surface area contributed by atoms with E-state index >= 15 is 0 Å². The van der Waals surface area contributed by atoms with Gasteiger partial charge < -0.3 is 25.0 Å². The highest BCUT2D eigenvalue weighted by atomic mass is 32.2. The summed E-state index contributed by atoms with van der Waals surface area (Å²) in [6, 6.07) is 7.97. The molecule has 1 spiro atoms. The number of pyridine rings is 1. The lowest BCUT2D eigenvalue weighted by Crippen LogP contribution is -2.52. The summed E-state index contributed by atoms with van der Waals surface area (Å²) in [4.78, 5) is 18.4. The van der Waals surface area contributed by atoms with Crippen LogP contribution in [0.1, 0.15) is 37.7 Å². The molecule has 3 aliphatic heterocycles. The van der Waals surface area contributed by atoms with E-state index in [0.717, 1.165) is 61.0 Å². The molecule has 3 fully saturated rings. The standard InChI is InChI=1S/C28H36N6O4S/c1-19(17-35)21-3-4-24(34-15-20(16-34)18-39(2,36)37)23-14-30-26(13-22(21)23)31-25-5-9-29-27(32-25)33-10-6-28(7-11-33)8-12-38-28/h3-5,9,13-14,19-20,35H,6-8,10-12,15-18H2,1-2H3,(H,29,30,31,32)/t19-/m1/s1. The van der Waals surface area contributed by atoms with Crippen LogP contribution in [0.15, 0.2) is 36.7 Å². The number of hydrogen-bond donors (Lipinski definition) is 2. The zero-order valence-corrected chi connectivity index (χ0v) is 23.3. The van der Waals surface area contributed by atoms with Gasteiger partial charge in [0.05, 0.1) is 18.0 Å². The van der Waals surface area contributed by atoms with Gasteiger partial charge in [-0.2, -0.15) is 4.98 Å². The summed E-state index contributed by atoms with van der Waals surface area (Å²) in [7, 11) is -3.00. The molecule has 0 amide bonds. The van der Waals surface area contributed by atoms with Gasteiger partial charge in [-0.3, -0.25) is 0 Å². The minimum absolute atomic E-state index is 0.0388. The summed E-state index contributed by atoms with van der Waals surface area (Å²) in [5, 5.41) is 15.3. The zero-order valence-electron chi connectivity index (χ0n) is 22.5. The number of aliphatic hydroxyl groups is 1. The van der Waals surface area contributed by atoms with Gasteiger partial charge in [0.2, 0.25) is 5.95 Å². The minimum Gasteiger partial charge on any atom is -0.396 e. The first kappa shape index (κ1) is 26.2. The molecule has 5 heterocycles. The van der Waals surface area contributed by atoms with Gasteiger partial charge in [0.1, 0.15) is 21.5 Å². The minimum atomic E-state index is -3.00. The summed E-state index contributed by atoms with van der Waals surface area (Å²) in [5.41, 5.74) is 2.15. The van der Waals surface area contributed by atoms with Crippen LogP contribution in [0.2, 0.25) is 0 Å². The summed E-state index contributed by atoms with van der Waals surface area (Å²) in [6.07, 6.45) is 8.07. The second-order valence-corrected chi connectivity index (χ2v) is 13.6. The van der Waals surface area contributed by atoms with Gasteiger partial charge >= 0.3 is 0 Å². The lowest BCUT2D eigenvalue weighted by Gasteiger charge is -2.47. The van der Waals surface area contributed by atoms with E-state index < -0.39 is 9.84 Å². The van der Waals surface area contributed by atoms with Crippen molar-refractivity contribution in [2.45, 2.75) is 37.7 Å². The topological polar surface area (TPSA) is 121 Å². The van der Waals surface area contributed by atoms with Crippen LogP contribution in [0.5, 0.6) is 0 Å². The van der Waals surface area contributed by atoms with Gasteiger partial charge in [-0.15, -0.1) is 0 Å². The number of ether oxygens (including phenoxy) is 1. The predicted octanol–water partition coefficient (Wildman–Crippen LogP) is 3.10. The molecule has 0 radical (unpaired) electrons. The molecule has 3 aliphatic rings. The Bertz CT molecular complexity index is 1460. The average Bonchev–Trinajstić information content (AvgIpc) is 2.88. The highest BCUT2D eigenvalue weighted by molar-refractivity contribution is 7.90. The van der Waals surface area contributed by atoms with Crippen LogP contribution in [-0.4, -0.2) is 85.5 Å². The van der Waals surface area contributed by atoms with E-state index in [2.05, 4.69) is 32.2 Å². The van der Waals surface area contributed by atoms with E-state index in [9.17, 15) is 13.5 Å². The van der Waals surface area contributed by atoms with Crippen molar-refractivity contribution < 1.29 is 18.3 Å². The van der Waals surface area contributed by atoms with Crippen molar-refractivity contribution in [3.8, 4) is 0 Å². The largest absolute Gasteiger partial charge is 0.396 e. The van der Waals surface area contributed by atoms with Gasteiger partial charge in [-0.1, -0.05) is 13.0 Å². The average molecular weight is 553 g/mol. The Kier molecular flexibility index (Phi) is 6.84. The lowest BCUT2D eigenvalue weighted by atomic mass is 9.84. The highest BCUT2D eigenvalue weighted by Gasteiger charge is 2.41. The fraction of sp³-hybridized carbons (Fsp3) is 0.536. The van der Waals surface area contributed by atoms with Crippen LogP contribution in [0, 0.1) is 5.92 Å². The second kappa shape index (κ2) is 10.2. The first-order chi connectivity index (χ1) is 18.7. The van der Waals surface area contributed by atoms with Gasteiger partial charge in [-0.25, -0.2) is 18.4 Å². The first-order valence-electron chi connectivity index (χ1n) is 13.7. The molecule has 1 atom stereocenters. The SMILES string of the molecule is C[C@H](CO)c1ccc(N2CC(CS(C)(=O)=O)C2)c2cnc(Nc3ccnc(N4CCC5(CCO5)CC4)n3)cc12. The number of aliphatic hydroxyl groups excluding tert-OH is 1. The number of anilines is 4. The number of piperidine rings is 1. The number of hydrogen-bond acceptors (Lipinski definition) is 10. The molecular weight excluding hydrogens is 516 g/mol. The number of aromatic nitrogens is 3. The maximum Gasteiger partial charge on any atom is 0.227 e. The van der Waals surface area contributed by atoms with Crippen molar-refractivity contribution in [3.05, 3.63) is 42.2 Å². The van der Waals surface area contributed by atoms with Gasteiger partial charge in [-0.05, 0) is 48.4 Å². The molecule has 3 aromatic rings. The number of rotatable bonds is 8. The highest BCUT2D eigenvalue weighted by Crippen LogP contribution is 2.38. The van der Waals surface area contributed by atoms with Crippen LogP contribution in [0.25, 0.3) is 10.8 Å². The Morgan fingerprint density at radius 1 is 1.10 bits per heavy atom. The first-order valence-corrected chi connectivity index (χ1v) is 15.7. The van der Waals surface area contributed by atoms with E-state index in [0.29, 0.717) is 30.7 Å². The maximum atomic E-state index is 11.7. The van der Waals surface area contributed by atoms with Crippen LogP contribution in [0.4, 0.5) is 23.3 Å². The quantitative estimate of drug-likeness (QED) is 0.431. The normalized spacial score (nSPS) is 20.1. The molecule has 39 heavy (non-hydrogen) atoms. The smallest absolute Gasteiger partial charge is 0.227 e. The number of benzene rings is 1. The molecule has 0 unspecified atom stereocenters. The summed E-state index contributed by atoms with van der Waals surface area (Å²) in [6.45, 7) is 6.07. The Hall–Kier alpha value is -3.02. The van der Waals surface area contributed by atoms with Gasteiger partial charge in [0, 0.05) is 74.3 Å². The Balaban J connectivity index is 1.23. The molecule has 3 saturated heterocycles. The monoisotopic (exact) mass is 552 g/mol. The molecule has 208 valence electrons. The van der Waals surface area contributed by atoms with E-state index in [-0.39, 0.29) is 29.8 Å². The van der Waals surface area contributed by atoms with E-state index in [1.807, 2.05) is 25.3 Å². The molecule has 10 nitrogen and oxygen atoms in total. The van der Waals surface area contributed by atoms with Crippen LogP contribution in [0.3, 0.4) is 0 Å². The third-order valence-corrected chi connectivity index (χ3v) is 9.45. The van der Waals surface area contributed by atoms with E-state index in [1.54, 1.807) is 6.20 Å². The lowest BCUT2D eigenvalue weighted by molar-refractivity contribution is -0.158. The molecule has 1 aromatic carbocycles. The molecule has 2 N–H and O–H groups in total. The zero-order chi connectivity index (χ0) is 27.2. The third-order valence-electron chi connectivity index (χ3n) is 8.38. The van der Waals surface area contributed by atoms with Gasteiger partial charge in [0.15, 0.2) is 0 Å². The van der Waals surface area contributed by atoms with E-state index in [1.165, 1.54) is 6.26 Å². The number of nitrogens with one attached hydrogen (secondary N) is 1. The molecule has 0 saturated carbocycles. The Morgan fingerprint density at radius 3 is 2.54 bits per heavy atom. The molecule has 0 aliphatic carbocycles. The molecule has 11 heteroatoms. The van der Waals surface area contributed by atoms with Crippen molar-refractivity contribution in [3.63, 3.8) is 0 Å². The fourth-order valence-electron chi connectivity index (χ4n) is 6.02. The number of sulfone groups is 1. The van der Waals surface area contributed by atoms with E-state index in [4.69, 9.17) is 14.7 Å². The Morgan fingerprint density at radius 2 is 1.87 bits per heavy atom. The van der Waals surface area contributed by atoms with Crippen LogP contribution in [-0.2, 0) is 14.6 Å². The Labute approximate surface area is 229 Å². The van der Waals surface area contributed by atoms with Crippen molar-refractivity contribution >= 4 is 43.9 Å². The summed E-state index contributed by atoms with van der Waals surface area (Å²) < 4.78 is 29.3. The molecule has 6 rings (SSSR count). The van der Waals surface area contributed by atoms with Crippen LogP contribution >= 0.6 is 0 Å². The predicted molar refractivity (Wildman–Crippen MR) is 153 cm³/mol. The van der Waals surface area contributed by atoms with Crippen molar-refractivity contribution in [2.24, 2.45) is 5.92 Å². The van der Waals surface area contributed by atoms with Crippen molar-refractivity contribution in [2.75, 3.05) is 66.5 Å².